The monoisotopic (exact) mass is 464 g/mol. The lowest BCUT2D eigenvalue weighted by atomic mass is 9.43. The van der Waals surface area contributed by atoms with Crippen LogP contribution in [-0.4, -0.2) is 50.5 Å². The number of aliphatic hydroxyl groups excluding tert-OH is 3. The minimum atomic E-state index is -1.07. The molecule has 0 aromatic carbocycles. The highest BCUT2D eigenvalue weighted by atomic mass is 16.4. The van der Waals surface area contributed by atoms with Crippen LogP contribution in [0.25, 0.3) is 0 Å². The third-order valence-electron chi connectivity index (χ3n) is 11.2. The van der Waals surface area contributed by atoms with Crippen molar-refractivity contribution in [2.45, 2.75) is 104 Å². The fourth-order valence-electron chi connectivity index (χ4n) is 9.06. The van der Waals surface area contributed by atoms with Crippen LogP contribution in [0.15, 0.2) is 0 Å². The molecule has 4 fully saturated rings. The lowest BCUT2D eigenvalue weighted by Crippen LogP contribution is -2.62. The van der Waals surface area contributed by atoms with Crippen molar-refractivity contribution >= 4 is 11.8 Å². The molecule has 4 rings (SSSR count). The Bertz CT molecular complexity index is 768. The van der Waals surface area contributed by atoms with E-state index in [2.05, 4.69) is 20.8 Å². The number of rotatable bonds is 6. The molecular weight excluding hydrogens is 420 g/mol. The fraction of sp³-hybridized carbons (Fsp3) is 0.926. The second kappa shape index (κ2) is 8.91. The lowest BCUT2D eigenvalue weighted by Gasteiger charge is -2.63. The SMILES string of the molecule is CC(C(=O)O)C(=O)CC[C@@H](C)[C@H]1CC[C@H]2[C@@H]3[C@H](O)C[C@@H]4C[C@H](O)CC[C@]4(C)[C@H]3C[C@H](O)[C@]12C. The minimum absolute atomic E-state index is 0.0640. The maximum Gasteiger partial charge on any atom is 0.313 e. The number of hydrogen-bond acceptors (Lipinski definition) is 5. The molecule has 188 valence electrons. The third kappa shape index (κ3) is 3.98. The zero-order chi connectivity index (χ0) is 24.3. The Morgan fingerprint density at radius 3 is 2.33 bits per heavy atom. The second-order valence-corrected chi connectivity index (χ2v) is 12.6. The van der Waals surface area contributed by atoms with Crippen LogP contribution >= 0.6 is 0 Å². The van der Waals surface area contributed by atoms with Crippen molar-refractivity contribution < 1.29 is 30.0 Å². The topological polar surface area (TPSA) is 115 Å². The minimum Gasteiger partial charge on any atom is -0.481 e. The van der Waals surface area contributed by atoms with E-state index in [-0.39, 0.29) is 64.8 Å². The number of ketones is 1. The molecule has 6 nitrogen and oxygen atoms in total. The van der Waals surface area contributed by atoms with Crippen molar-refractivity contribution in [3.8, 4) is 0 Å². The first-order valence-corrected chi connectivity index (χ1v) is 13.2. The van der Waals surface area contributed by atoms with E-state index in [4.69, 9.17) is 5.11 Å². The van der Waals surface area contributed by atoms with E-state index < -0.39 is 18.0 Å². The second-order valence-electron chi connectivity index (χ2n) is 12.6. The molecule has 0 aromatic rings. The summed E-state index contributed by atoms with van der Waals surface area (Å²) in [6.07, 6.45) is 5.77. The molecule has 4 N–H and O–H groups in total. The van der Waals surface area contributed by atoms with Crippen LogP contribution in [0.4, 0.5) is 0 Å². The van der Waals surface area contributed by atoms with Gasteiger partial charge in [-0.05, 0) is 105 Å². The number of aliphatic carboxylic acids is 1. The summed E-state index contributed by atoms with van der Waals surface area (Å²) in [4.78, 5) is 23.4. The fourth-order valence-corrected chi connectivity index (χ4v) is 9.06. The highest BCUT2D eigenvalue weighted by Gasteiger charge is 2.65. The molecule has 4 aliphatic carbocycles. The van der Waals surface area contributed by atoms with Crippen LogP contribution in [-0.2, 0) is 9.59 Å². The van der Waals surface area contributed by atoms with Gasteiger partial charge in [-0.25, -0.2) is 0 Å². The molecule has 0 radical (unpaired) electrons. The maximum absolute atomic E-state index is 12.3. The number of carboxylic acids is 1. The predicted molar refractivity (Wildman–Crippen MR) is 124 cm³/mol. The number of aliphatic hydroxyl groups is 3. The number of carbonyl (C=O) groups excluding carboxylic acids is 1. The van der Waals surface area contributed by atoms with E-state index in [1.807, 2.05) is 0 Å². The quantitative estimate of drug-likeness (QED) is 0.446. The van der Waals surface area contributed by atoms with E-state index in [1.165, 1.54) is 6.92 Å². The van der Waals surface area contributed by atoms with Crippen LogP contribution in [0.3, 0.4) is 0 Å². The number of carboxylic acid groups (broad SMARTS) is 1. The summed E-state index contributed by atoms with van der Waals surface area (Å²) in [5.41, 5.74) is -0.227. The lowest BCUT2D eigenvalue weighted by molar-refractivity contribution is -0.207. The summed E-state index contributed by atoms with van der Waals surface area (Å²) < 4.78 is 0. The molecule has 0 aliphatic heterocycles. The molecule has 4 aliphatic rings. The van der Waals surface area contributed by atoms with E-state index in [0.29, 0.717) is 18.8 Å². The van der Waals surface area contributed by atoms with Gasteiger partial charge in [-0.2, -0.15) is 0 Å². The van der Waals surface area contributed by atoms with E-state index in [0.717, 1.165) is 38.5 Å². The molecule has 0 heterocycles. The molecule has 0 saturated heterocycles. The molecule has 12 atom stereocenters. The van der Waals surface area contributed by atoms with Crippen LogP contribution in [0.2, 0.25) is 0 Å². The van der Waals surface area contributed by atoms with Crippen molar-refractivity contribution in [2.24, 2.45) is 52.3 Å². The van der Waals surface area contributed by atoms with Crippen molar-refractivity contribution in [2.75, 3.05) is 0 Å². The Morgan fingerprint density at radius 2 is 1.67 bits per heavy atom. The predicted octanol–water partition coefficient (Wildman–Crippen LogP) is 3.65. The number of carbonyl (C=O) groups is 2. The average molecular weight is 465 g/mol. The van der Waals surface area contributed by atoms with Gasteiger partial charge in [0.25, 0.3) is 0 Å². The Labute approximate surface area is 198 Å². The number of Topliss-reactive ketones (excluding diaryl/α,β-unsaturated/α-hetero) is 1. The van der Waals surface area contributed by atoms with Crippen LogP contribution in [0.1, 0.15) is 85.5 Å². The van der Waals surface area contributed by atoms with Gasteiger partial charge in [0.1, 0.15) is 11.7 Å². The van der Waals surface area contributed by atoms with Crippen LogP contribution < -0.4 is 0 Å². The van der Waals surface area contributed by atoms with E-state index in [1.54, 1.807) is 0 Å². The Balaban J connectivity index is 1.52. The molecule has 0 bridgehead atoms. The summed E-state index contributed by atoms with van der Waals surface area (Å²) in [6, 6.07) is 0. The third-order valence-corrected chi connectivity index (χ3v) is 11.2. The highest BCUT2D eigenvalue weighted by molar-refractivity contribution is 5.97. The molecule has 33 heavy (non-hydrogen) atoms. The normalized spacial score (nSPS) is 48.8. The smallest absolute Gasteiger partial charge is 0.313 e. The van der Waals surface area contributed by atoms with Crippen LogP contribution in [0.5, 0.6) is 0 Å². The molecule has 4 saturated carbocycles. The molecule has 6 heteroatoms. The summed E-state index contributed by atoms with van der Waals surface area (Å²) in [5, 5.41) is 42.3. The van der Waals surface area contributed by atoms with Gasteiger partial charge >= 0.3 is 5.97 Å². The Hall–Kier alpha value is -0.980. The van der Waals surface area contributed by atoms with Crippen LogP contribution in [0, 0.1) is 52.3 Å². The summed E-state index contributed by atoms with van der Waals surface area (Å²) in [7, 11) is 0. The number of fused-ring (bicyclic) bond motifs is 5. The molecular formula is C27H44O6. The molecule has 1 unspecified atom stereocenters. The van der Waals surface area contributed by atoms with Crippen molar-refractivity contribution in [3.05, 3.63) is 0 Å². The van der Waals surface area contributed by atoms with Crippen molar-refractivity contribution in [3.63, 3.8) is 0 Å². The van der Waals surface area contributed by atoms with Gasteiger partial charge in [-0.15, -0.1) is 0 Å². The largest absolute Gasteiger partial charge is 0.481 e. The van der Waals surface area contributed by atoms with Gasteiger partial charge in [-0.1, -0.05) is 20.8 Å². The molecule has 0 amide bonds. The van der Waals surface area contributed by atoms with E-state index >= 15 is 0 Å². The average Bonchev–Trinajstić information content (AvgIpc) is 3.11. The van der Waals surface area contributed by atoms with Gasteiger partial charge in [-0.3, -0.25) is 9.59 Å². The maximum atomic E-state index is 12.3. The van der Waals surface area contributed by atoms with Gasteiger partial charge in [0.05, 0.1) is 18.3 Å². The first-order valence-electron chi connectivity index (χ1n) is 13.2. The summed E-state index contributed by atoms with van der Waals surface area (Å²) in [6.45, 7) is 8.15. The molecule has 0 aromatic heterocycles. The Kier molecular flexibility index (Phi) is 6.78. The van der Waals surface area contributed by atoms with Gasteiger partial charge in [0.15, 0.2) is 0 Å². The summed E-state index contributed by atoms with van der Waals surface area (Å²) >= 11 is 0. The van der Waals surface area contributed by atoms with E-state index in [9.17, 15) is 24.9 Å². The number of hydrogen-bond donors (Lipinski definition) is 4. The van der Waals surface area contributed by atoms with Gasteiger partial charge < -0.3 is 20.4 Å². The Morgan fingerprint density at radius 1 is 0.970 bits per heavy atom. The first-order chi connectivity index (χ1) is 15.4. The van der Waals surface area contributed by atoms with Gasteiger partial charge in [0.2, 0.25) is 0 Å². The highest BCUT2D eigenvalue weighted by Crippen LogP contribution is 2.68. The van der Waals surface area contributed by atoms with Gasteiger partial charge in [0, 0.05) is 6.42 Å². The zero-order valence-corrected chi connectivity index (χ0v) is 20.7. The standard InChI is InChI=1S/C27H44O6/c1-14(5-8-21(29)15(2)25(32)33)18-6-7-19-24-20(13-23(31)27(18,19)4)26(3)10-9-17(28)11-16(26)12-22(24)30/h14-20,22-24,28,30-31H,5-13H2,1-4H3,(H,32,33)/t14-,15?,16+,17-,18-,19+,20+,22-,23+,24+,26+,27-/m1/s1. The zero-order valence-electron chi connectivity index (χ0n) is 20.7. The van der Waals surface area contributed by atoms with Crippen molar-refractivity contribution in [1.82, 2.24) is 0 Å². The summed E-state index contributed by atoms with van der Waals surface area (Å²) in [5.74, 6) is -0.756. The van der Waals surface area contributed by atoms with Crippen molar-refractivity contribution in [1.29, 1.82) is 0 Å². The first kappa shape index (κ1) is 25.1. The molecule has 0 spiro atoms.